The molecule has 0 bridgehead atoms. The quantitative estimate of drug-likeness (QED) is 0.817. The highest BCUT2D eigenvalue weighted by atomic mass is 79.9. The number of anilines is 2. The van der Waals surface area contributed by atoms with Crippen LogP contribution in [0.5, 0.6) is 0 Å². The number of nitrogen functional groups attached to an aromatic ring is 1. The molecule has 3 nitrogen and oxygen atoms in total. The van der Waals surface area contributed by atoms with Crippen molar-refractivity contribution in [1.82, 2.24) is 0 Å². The third-order valence-corrected chi connectivity index (χ3v) is 4.21. The number of amides is 1. The molecule has 0 aliphatic rings. The van der Waals surface area contributed by atoms with Crippen LogP contribution >= 0.6 is 38.9 Å². The van der Waals surface area contributed by atoms with E-state index in [0.29, 0.717) is 21.3 Å². The average molecular weight is 332 g/mol. The monoisotopic (exact) mass is 330 g/mol. The number of halogens is 2. The molecule has 0 unspecified atom stereocenters. The van der Waals surface area contributed by atoms with Gasteiger partial charge in [-0.05, 0) is 45.6 Å². The van der Waals surface area contributed by atoms with Crippen LogP contribution in [0.25, 0.3) is 0 Å². The first-order valence-electron chi connectivity index (χ1n) is 4.67. The Balaban J connectivity index is 2.22. The van der Waals surface area contributed by atoms with E-state index in [2.05, 4.69) is 21.2 Å². The van der Waals surface area contributed by atoms with Crippen molar-refractivity contribution in [3.05, 3.63) is 44.0 Å². The maximum Gasteiger partial charge on any atom is 0.266 e. The maximum absolute atomic E-state index is 11.9. The highest BCUT2D eigenvalue weighted by molar-refractivity contribution is 9.10. The van der Waals surface area contributed by atoms with Crippen molar-refractivity contribution in [2.75, 3.05) is 11.1 Å². The lowest BCUT2D eigenvalue weighted by atomic mass is 10.3. The number of nitrogens with two attached hydrogens (primary N) is 1. The van der Waals surface area contributed by atoms with Gasteiger partial charge in [0.05, 0.1) is 10.7 Å². The van der Waals surface area contributed by atoms with Crippen molar-refractivity contribution in [2.45, 2.75) is 0 Å². The minimum absolute atomic E-state index is 0.196. The molecule has 17 heavy (non-hydrogen) atoms. The molecule has 1 amide bonds. The van der Waals surface area contributed by atoms with Gasteiger partial charge in [0, 0.05) is 10.2 Å². The Morgan fingerprint density at radius 1 is 1.41 bits per heavy atom. The molecule has 0 radical (unpaired) electrons. The number of nitrogens with one attached hydrogen (secondary N) is 1. The lowest BCUT2D eigenvalue weighted by molar-refractivity contribution is 0.103. The molecule has 0 spiro atoms. The summed E-state index contributed by atoms with van der Waals surface area (Å²) in [7, 11) is 0. The lowest BCUT2D eigenvalue weighted by Crippen LogP contribution is -2.11. The molecule has 0 fully saturated rings. The lowest BCUT2D eigenvalue weighted by Gasteiger charge is -2.06. The molecule has 0 saturated carbocycles. The number of carbonyl (C=O) groups is 1. The topological polar surface area (TPSA) is 55.1 Å². The SMILES string of the molecule is Nc1ccc(NC(=O)c2sccc2Br)c(Cl)c1. The summed E-state index contributed by atoms with van der Waals surface area (Å²) < 4.78 is 0.770. The van der Waals surface area contributed by atoms with Gasteiger partial charge in [-0.25, -0.2) is 0 Å². The van der Waals surface area contributed by atoms with E-state index in [1.165, 1.54) is 11.3 Å². The van der Waals surface area contributed by atoms with Crippen molar-refractivity contribution in [2.24, 2.45) is 0 Å². The Labute approximate surface area is 116 Å². The Morgan fingerprint density at radius 3 is 2.76 bits per heavy atom. The maximum atomic E-state index is 11.9. The van der Waals surface area contributed by atoms with Crippen molar-refractivity contribution < 1.29 is 4.79 Å². The van der Waals surface area contributed by atoms with Gasteiger partial charge in [0.25, 0.3) is 5.91 Å². The third kappa shape index (κ3) is 2.80. The van der Waals surface area contributed by atoms with E-state index in [4.69, 9.17) is 17.3 Å². The minimum atomic E-state index is -0.196. The van der Waals surface area contributed by atoms with Crippen LogP contribution in [0.4, 0.5) is 11.4 Å². The predicted octanol–water partition coefficient (Wildman–Crippen LogP) is 4.00. The molecule has 1 aromatic heterocycles. The Morgan fingerprint density at radius 2 is 2.18 bits per heavy atom. The van der Waals surface area contributed by atoms with E-state index in [1.54, 1.807) is 18.2 Å². The van der Waals surface area contributed by atoms with Crippen LogP contribution in [0.3, 0.4) is 0 Å². The molecule has 6 heteroatoms. The Kier molecular flexibility index (Phi) is 3.71. The zero-order chi connectivity index (χ0) is 12.4. The second kappa shape index (κ2) is 5.08. The molecule has 0 aliphatic heterocycles. The van der Waals surface area contributed by atoms with Gasteiger partial charge in [-0.3, -0.25) is 4.79 Å². The molecule has 0 atom stereocenters. The number of benzene rings is 1. The van der Waals surface area contributed by atoms with Gasteiger partial charge in [0.2, 0.25) is 0 Å². The second-order valence-electron chi connectivity index (χ2n) is 3.29. The minimum Gasteiger partial charge on any atom is -0.399 e. The van der Waals surface area contributed by atoms with Crippen molar-refractivity contribution >= 4 is 56.1 Å². The molecule has 3 N–H and O–H groups in total. The molecule has 0 saturated heterocycles. The summed E-state index contributed by atoms with van der Waals surface area (Å²) in [6.07, 6.45) is 0. The molecule has 2 aromatic rings. The van der Waals surface area contributed by atoms with Crippen LogP contribution in [-0.4, -0.2) is 5.91 Å². The van der Waals surface area contributed by atoms with Gasteiger partial charge in [0.15, 0.2) is 0 Å². The molecular formula is C11H8BrClN2OS. The molecular weight excluding hydrogens is 324 g/mol. The van der Waals surface area contributed by atoms with Crippen LogP contribution in [-0.2, 0) is 0 Å². The first-order chi connectivity index (χ1) is 8.08. The first-order valence-corrected chi connectivity index (χ1v) is 6.72. The summed E-state index contributed by atoms with van der Waals surface area (Å²) in [5.74, 6) is -0.196. The largest absolute Gasteiger partial charge is 0.399 e. The zero-order valence-electron chi connectivity index (χ0n) is 8.54. The number of rotatable bonds is 2. The molecule has 1 heterocycles. The van der Waals surface area contributed by atoms with Crippen molar-refractivity contribution in [3.63, 3.8) is 0 Å². The van der Waals surface area contributed by atoms with Crippen LogP contribution in [0.15, 0.2) is 34.1 Å². The van der Waals surface area contributed by atoms with Gasteiger partial charge in [0.1, 0.15) is 4.88 Å². The number of thiophene rings is 1. The van der Waals surface area contributed by atoms with E-state index in [9.17, 15) is 4.79 Å². The van der Waals surface area contributed by atoms with E-state index in [0.717, 1.165) is 4.47 Å². The summed E-state index contributed by atoms with van der Waals surface area (Å²) in [6.45, 7) is 0. The predicted molar refractivity (Wildman–Crippen MR) is 75.8 cm³/mol. The summed E-state index contributed by atoms with van der Waals surface area (Å²) in [4.78, 5) is 12.5. The Bertz CT molecular complexity index is 570. The van der Waals surface area contributed by atoms with Crippen molar-refractivity contribution in [3.8, 4) is 0 Å². The summed E-state index contributed by atoms with van der Waals surface area (Å²) in [6, 6.07) is 6.78. The Hall–Kier alpha value is -1.04. The number of hydrogen-bond donors (Lipinski definition) is 2. The highest BCUT2D eigenvalue weighted by Crippen LogP contribution is 2.27. The van der Waals surface area contributed by atoms with Crippen LogP contribution in [0.2, 0.25) is 5.02 Å². The standard InChI is InChI=1S/C11H8BrClN2OS/c12-7-3-4-17-10(7)11(16)15-9-2-1-6(14)5-8(9)13/h1-5H,14H2,(H,15,16). The van der Waals surface area contributed by atoms with E-state index < -0.39 is 0 Å². The fraction of sp³-hybridized carbons (Fsp3) is 0. The third-order valence-electron chi connectivity index (χ3n) is 2.06. The van der Waals surface area contributed by atoms with Crippen LogP contribution in [0, 0.1) is 0 Å². The summed E-state index contributed by atoms with van der Waals surface area (Å²) in [5.41, 5.74) is 6.68. The fourth-order valence-electron chi connectivity index (χ4n) is 1.27. The van der Waals surface area contributed by atoms with E-state index in [1.807, 2.05) is 11.4 Å². The average Bonchev–Trinajstić information content (AvgIpc) is 2.68. The van der Waals surface area contributed by atoms with Gasteiger partial charge >= 0.3 is 0 Å². The van der Waals surface area contributed by atoms with Gasteiger partial charge in [-0.2, -0.15) is 0 Å². The smallest absolute Gasteiger partial charge is 0.266 e. The van der Waals surface area contributed by atoms with Gasteiger partial charge in [-0.1, -0.05) is 11.6 Å². The number of hydrogen-bond acceptors (Lipinski definition) is 3. The highest BCUT2D eigenvalue weighted by Gasteiger charge is 2.13. The zero-order valence-corrected chi connectivity index (χ0v) is 11.7. The van der Waals surface area contributed by atoms with Gasteiger partial charge < -0.3 is 11.1 Å². The van der Waals surface area contributed by atoms with Crippen molar-refractivity contribution in [1.29, 1.82) is 0 Å². The molecule has 2 rings (SSSR count). The second-order valence-corrected chi connectivity index (χ2v) is 5.47. The normalized spacial score (nSPS) is 10.2. The fourth-order valence-corrected chi connectivity index (χ4v) is 2.95. The van der Waals surface area contributed by atoms with E-state index >= 15 is 0 Å². The first kappa shape index (κ1) is 12.4. The number of carbonyl (C=O) groups excluding carboxylic acids is 1. The molecule has 1 aromatic carbocycles. The van der Waals surface area contributed by atoms with Crippen LogP contribution < -0.4 is 11.1 Å². The van der Waals surface area contributed by atoms with Crippen LogP contribution in [0.1, 0.15) is 9.67 Å². The summed E-state index contributed by atoms with van der Waals surface area (Å²) in [5, 5.41) is 4.99. The molecule has 88 valence electrons. The van der Waals surface area contributed by atoms with E-state index in [-0.39, 0.29) is 5.91 Å². The van der Waals surface area contributed by atoms with Gasteiger partial charge in [-0.15, -0.1) is 11.3 Å². The summed E-state index contributed by atoms with van der Waals surface area (Å²) >= 11 is 10.6. The molecule has 0 aliphatic carbocycles.